The Morgan fingerprint density at radius 3 is 2.52 bits per heavy atom. The fourth-order valence-electron chi connectivity index (χ4n) is 2.20. The summed E-state index contributed by atoms with van der Waals surface area (Å²) in [5.41, 5.74) is 1.99. The number of carbonyl (C=O) groups is 1. The number of nitrogens with zero attached hydrogens (tertiary/aromatic N) is 3. The zero-order valence-electron chi connectivity index (χ0n) is 14.2. The Kier molecular flexibility index (Phi) is 5.09. The van der Waals surface area contributed by atoms with Crippen LogP contribution in [0.15, 0.2) is 59.0 Å². The fourth-order valence-corrected chi connectivity index (χ4v) is 2.20. The summed E-state index contributed by atoms with van der Waals surface area (Å²) in [4.78, 5) is 13.7. The standard InChI is InChI=1S/C19H19N3O3/c1-14-8-10-16(11-9-14)24-13-18(23)22(2)12-17-20-21-19(25-17)15-6-4-3-5-7-15/h3-11H,12-13H2,1-2H3. The van der Waals surface area contributed by atoms with Crippen LogP contribution in [0.5, 0.6) is 5.75 Å². The molecule has 0 atom stereocenters. The minimum Gasteiger partial charge on any atom is -0.484 e. The number of benzene rings is 2. The van der Waals surface area contributed by atoms with E-state index in [0.29, 0.717) is 17.5 Å². The Hall–Kier alpha value is -3.15. The maximum atomic E-state index is 12.2. The van der Waals surface area contributed by atoms with E-state index in [0.717, 1.165) is 11.1 Å². The average molecular weight is 337 g/mol. The second-order valence-electron chi connectivity index (χ2n) is 5.72. The van der Waals surface area contributed by atoms with Gasteiger partial charge in [-0.1, -0.05) is 35.9 Å². The minimum atomic E-state index is -0.167. The largest absolute Gasteiger partial charge is 0.484 e. The van der Waals surface area contributed by atoms with E-state index in [1.165, 1.54) is 4.90 Å². The number of likely N-dealkylation sites (N-methyl/N-ethyl adjacent to an activating group) is 1. The monoisotopic (exact) mass is 337 g/mol. The molecule has 0 N–H and O–H groups in total. The number of rotatable bonds is 6. The summed E-state index contributed by atoms with van der Waals surface area (Å²) in [5.74, 6) is 1.31. The van der Waals surface area contributed by atoms with Crippen LogP contribution in [0, 0.1) is 6.92 Å². The molecule has 0 saturated carbocycles. The van der Waals surface area contributed by atoms with E-state index < -0.39 is 0 Å². The molecule has 0 aliphatic rings. The van der Waals surface area contributed by atoms with Crippen molar-refractivity contribution in [1.82, 2.24) is 15.1 Å². The van der Waals surface area contributed by atoms with Crippen LogP contribution in [-0.2, 0) is 11.3 Å². The van der Waals surface area contributed by atoms with Crippen molar-refractivity contribution >= 4 is 5.91 Å². The Bertz CT molecular complexity index is 829. The Morgan fingerprint density at radius 1 is 1.08 bits per heavy atom. The molecule has 0 bridgehead atoms. The van der Waals surface area contributed by atoms with Crippen molar-refractivity contribution in [3.63, 3.8) is 0 Å². The molecule has 6 nitrogen and oxygen atoms in total. The number of aromatic nitrogens is 2. The van der Waals surface area contributed by atoms with E-state index in [2.05, 4.69) is 10.2 Å². The average Bonchev–Trinajstić information content (AvgIpc) is 3.10. The van der Waals surface area contributed by atoms with Crippen molar-refractivity contribution in [1.29, 1.82) is 0 Å². The summed E-state index contributed by atoms with van der Waals surface area (Å²) in [6, 6.07) is 17.1. The lowest BCUT2D eigenvalue weighted by molar-refractivity contribution is -0.132. The van der Waals surface area contributed by atoms with Crippen LogP contribution in [0.25, 0.3) is 11.5 Å². The number of carbonyl (C=O) groups excluding carboxylic acids is 1. The number of ether oxygens (including phenoxy) is 1. The molecule has 1 amide bonds. The zero-order chi connectivity index (χ0) is 17.6. The first-order valence-electron chi connectivity index (χ1n) is 7.93. The summed E-state index contributed by atoms with van der Waals surface area (Å²) >= 11 is 0. The maximum Gasteiger partial charge on any atom is 0.260 e. The smallest absolute Gasteiger partial charge is 0.260 e. The zero-order valence-corrected chi connectivity index (χ0v) is 14.2. The normalized spacial score (nSPS) is 10.5. The van der Waals surface area contributed by atoms with E-state index in [-0.39, 0.29) is 19.1 Å². The van der Waals surface area contributed by atoms with Gasteiger partial charge in [-0.3, -0.25) is 4.79 Å². The van der Waals surface area contributed by atoms with Gasteiger partial charge in [0.25, 0.3) is 5.91 Å². The molecule has 3 aromatic rings. The third-order valence-corrected chi connectivity index (χ3v) is 3.67. The van der Waals surface area contributed by atoms with Crippen molar-refractivity contribution in [2.24, 2.45) is 0 Å². The molecule has 0 radical (unpaired) electrons. The summed E-state index contributed by atoms with van der Waals surface area (Å²) in [6.45, 7) is 2.19. The molecule has 6 heteroatoms. The van der Waals surface area contributed by atoms with Crippen LogP contribution in [0.3, 0.4) is 0 Å². The van der Waals surface area contributed by atoms with E-state index in [9.17, 15) is 4.79 Å². The van der Waals surface area contributed by atoms with Gasteiger partial charge in [-0.15, -0.1) is 10.2 Å². The van der Waals surface area contributed by atoms with Crippen molar-refractivity contribution in [3.05, 3.63) is 66.1 Å². The molecule has 0 unspecified atom stereocenters. The lowest BCUT2D eigenvalue weighted by Crippen LogP contribution is -2.31. The first-order chi connectivity index (χ1) is 12.1. The lowest BCUT2D eigenvalue weighted by Gasteiger charge is -2.15. The van der Waals surface area contributed by atoms with Crippen LogP contribution in [0.1, 0.15) is 11.5 Å². The molecule has 0 aliphatic carbocycles. The molecular weight excluding hydrogens is 318 g/mol. The Balaban J connectivity index is 1.54. The van der Waals surface area contributed by atoms with Crippen LogP contribution >= 0.6 is 0 Å². The number of aryl methyl sites for hydroxylation is 1. The summed E-state index contributed by atoms with van der Waals surface area (Å²) < 4.78 is 11.1. The topological polar surface area (TPSA) is 68.5 Å². The second-order valence-corrected chi connectivity index (χ2v) is 5.72. The second kappa shape index (κ2) is 7.61. The number of amides is 1. The van der Waals surface area contributed by atoms with Gasteiger partial charge < -0.3 is 14.1 Å². The molecule has 0 aliphatic heterocycles. The van der Waals surface area contributed by atoms with Crippen LogP contribution in [0.2, 0.25) is 0 Å². The first-order valence-corrected chi connectivity index (χ1v) is 7.93. The molecule has 2 aromatic carbocycles. The molecule has 25 heavy (non-hydrogen) atoms. The van der Waals surface area contributed by atoms with E-state index in [1.807, 2.05) is 61.5 Å². The summed E-state index contributed by atoms with van der Waals surface area (Å²) in [5, 5.41) is 8.01. The van der Waals surface area contributed by atoms with Gasteiger partial charge >= 0.3 is 0 Å². The highest BCUT2D eigenvalue weighted by Crippen LogP contribution is 2.17. The summed E-state index contributed by atoms with van der Waals surface area (Å²) in [6.07, 6.45) is 0. The third kappa shape index (κ3) is 4.44. The molecule has 128 valence electrons. The van der Waals surface area contributed by atoms with Gasteiger partial charge in [-0.2, -0.15) is 0 Å². The third-order valence-electron chi connectivity index (χ3n) is 3.67. The van der Waals surface area contributed by atoms with Gasteiger partial charge in [-0.05, 0) is 31.2 Å². The predicted octanol–water partition coefficient (Wildman–Crippen LogP) is 3.08. The van der Waals surface area contributed by atoms with Crippen LogP contribution in [0.4, 0.5) is 0 Å². The van der Waals surface area contributed by atoms with Crippen LogP contribution < -0.4 is 4.74 Å². The highest BCUT2D eigenvalue weighted by molar-refractivity contribution is 5.77. The van der Waals surface area contributed by atoms with Crippen molar-refractivity contribution in [2.75, 3.05) is 13.7 Å². The van der Waals surface area contributed by atoms with Gasteiger partial charge in [-0.25, -0.2) is 0 Å². The van der Waals surface area contributed by atoms with Gasteiger partial charge in [0.05, 0.1) is 6.54 Å². The first kappa shape index (κ1) is 16.7. The molecule has 0 fully saturated rings. The molecule has 3 rings (SSSR count). The highest BCUT2D eigenvalue weighted by Gasteiger charge is 2.15. The van der Waals surface area contributed by atoms with Crippen molar-refractivity contribution in [2.45, 2.75) is 13.5 Å². The van der Waals surface area contributed by atoms with Crippen molar-refractivity contribution in [3.8, 4) is 17.2 Å². The molecule has 1 heterocycles. The SMILES string of the molecule is Cc1ccc(OCC(=O)N(C)Cc2nnc(-c3ccccc3)o2)cc1. The van der Waals surface area contributed by atoms with Gasteiger partial charge in [0.15, 0.2) is 6.61 Å². The Morgan fingerprint density at radius 2 is 1.80 bits per heavy atom. The molecule has 1 aromatic heterocycles. The molecular formula is C19H19N3O3. The lowest BCUT2D eigenvalue weighted by atomic mass is 10.2. The van der Waals surface area contributed by atoms with Crippen LogP contribution in [-0.4, -0.2) is 34.7 Å². The fraction of sp³-hybridized carbons (Fsp3) is 0.211. The van der Waals surface area contributed by atoms with Gasteiger partial charge in [0, 0.05) is 12.6 Å². The Labute approximate surface area is 146 Å². The minimum absolute atomic E-state index is 0.0424. The molecule has 0 spiro atoms. The van der Waals surface area contributed by atoms with Gasteiger partial charge in [0.2, 0.25) is 11.8 Å². The highest BCUT2D eigenvalue weighted by atomic mass is 16.5. The number of hydrogen-bond donors (Lipinski definition) is 0. The quantitative estimate of drug-likeness (QED) is 0.691. The van der Waals surface area contributed by atoms with Crippen molar-refractivity contribution < 1.29 is 13.9 Å². The van der Waals surface area contributed by atoms with E-state index >= 15 is 0 Å². The van der Waals surface area contributed by atoms with E-state index in [1.54, 1.807) is 7.05 Å². The maximum absolute atomic E-state index is 12.2. The number of hydrogen-bond acceptors (Lipinski definition) is 5. The van der Waals surface area contributed by atoms with Gasteiger partial charge in [0.1, 0.15) is 5.75 Å². The predicted molar refractivity (Wildman–Crippen MR) is 92.9 cm³/mol. The molecule has 0 saturated heterocycles. The summed E-state index contributed by atoms with van der Waals surface area (Å²) in [7, 11) is 1.67. The van der Waals surface area contributed by atoms with E-state index in [4.69, 9.17) is 9.15 Å².